The summed E-state index contributed by atoms with van der Waals surface area (Å²) < 4.78 is 30.4. The van der Waals surface area contributed by atoms with Crippen molar-refractivity contribution in [2.75, 3.05) is 24.4 Å². The predicted molar refractivity (Wildman–Crippen MR) is 114 cm³/mol. The Morgan fingerprint density at radius 2 is 2.00 bits per heavy atom. The summed E-state index contributed by atoms with van der Waals surface area (Å²) in [5.41, 5.74) is 2.71. The van der Waals surface area contributed by atoms with Crippen molar-refractivity contribution in [1.29, 1.82) is 0 Å². The maximum absolute atomic E-state index is 12.3. The van der Waals surface area contributed by atoms with Crippen molar-refractivity contribution in [2.24, 2.45) is 0 Å². The van der Waals surface area contributed by atoms with Crippen LogP contribution in [0.4, 0.5) is 0 Å². The van der Waals surface area contributed by atoms with Crippen molar-refractivity contribution < 1.29 is 17.9 Å². The molecular formula is C20H21N3O4S2. The largest absolute Gasteiger partial charge is 0.497 e. The number of nitrogens with one attached hydrogen (secondary N) is 1. The fraction of sp³-hybridized carbons (Fsp3) is 0.300. The highest BCUT2D eigenvalue weighted by molar-refractivity contribution is 7.99. The van der Waals surface area contributed by atoms with Gasteiger partial charge in [0.05, 0.1) is 35.4 Å². The van der Waals surface area contributed by atoms with Gasteiger partial charge in [0.2, 0.25) is 5.91 Å². The first-order valence-corrected chi connectivity index (χ1v) is 12.0. The molecule has 1 N–H and O–H groups in total. The van der Waals surface area contributed by atoms with Crippen molar-refractivity contribution in [1.82, 2.24) is 14.9 Å². The standard InChI is InChI=1S/C20H21N3O4S2/c1-27-16-8-6-15(7-9-16)23-18-5-3-2-4-17(18)22-20(23)28-12-19(24)21-14-10-11-29(25,26)13-14/h2-9,14H,10-13H2,1H3,(H,21,24)/t14-/m0/s1. The smallest absolute Gasteiger partial charge is 0.230 e. The van der Waals surface area contributed by atoms with Crippen molar-refractivity contribution in [3.63, 3.8) is 0 Å². The summed E-state index contributed by atoms with van der Waals surface area (Å²) in [6.07, 6.45) is 0.475. The fourth-order valence-corrected chi connectivity index (χ4v) is 5.90. The van der Waals surface area contributed by atoms with Gasteiger partial charge in [0.25, 0.3) is 0 Å². The lowest BCUT2D eigenvalue weighted by Gasteiger charge is -2.12. The van der Waals surface area contributed by atoms with Gasteiger partial charge in [-0.05, 0) is 42.8 Å². The molecule has 0 aliphatic carbocycles. The third kappa shape index (κ3) is 4.40. The Labute approximate surface area is 173 Å². The lowest BCUT2D eigenvalue weighted by molar-refractivity contribution is -0.119. The average Bonchev–Trinajstić information content (AvgIpc) is 3.25. The van der Waals surface area contributed by atoms with E-state index in [1.807, 2.05) is 53.1 Å². The number of amides is 1. The minimum atomic E-state index is -3.02. The lowest BCUT2D eigenvalue weighted by atomic mass is 10.2. The number of imidazole rings is 1. The number of ether oxygens (including phenoxy) is 1. The topological polar surface area (TPSA) is 90.3 Å². The molecule has 0 radical (unpaired) electrons. The van der Waals surface area contributed by atoms with E-state index in [1.54, 1.807) is 7.11 Å². The molecular weight excluding hydrogens is 410 g/mol. The molecule has 0 unspecified atom stereocenters. The van der Waals surface area contributed by atoms with Crippen LogP contribution in [0.1, 0.15) is 6.42 Å². The monoisotopic (exact) mass is 431 g/mol. The molecule has 1 amide bonds. The van der Waals surface area contributed by atoms with Crippen LogP contribution in [0.15, 0.2) is 53.7 Å². The van der Waals surface area contributed by atoms with Gasteiger partial charge in [-0.25, -0.2) is 13.4 Å². The third-order valence-corrected chi connectivity index (χ3v) is 7.50. The van der Waals surface area contributed by atoms with Crippen LogP contribution in [0.5, 0.6) is 5.75 Å². The maximum atomic E-state index is 12.3. The van der Waals surface area contributed by atoms with Crippen molar-refractivity contribution in [2.45, 2.75) is 17.6 Å². The van der Waals surface area contributed by atoms with Crippen LogP contribution in [-0.2, 0) is 14.6 Å². The molecule has 152 valence electrons. The van der Waals surface area contributed by atoms with E-state index in [9.17, 15) is 13.2 Å². The second kappa shape index (κ2) is 8.08. The Balaban J connectivity index is 1.54. The highest BCUT2D eigenvalue weighted by atomic mass is 32.2. The lowest BCUT2D eigenvalue weighted by Crippen LogP contribution is -2.36. The Morgan fingerprint density at radius 1 is 1.24 bits per heavy atom. The van der Waals surface area contributed by atoms with Crippen LogP contribution in [0.25, 0.3) is 16.7 Å². The first-order valence-electron chi connectivity index (χ1n) is 9.20. The van der Waals surface area contributed by atoms with Crippen LogP contribution < -0.4 is 10.1 Å². The molecule has 9 heteroatoms. The van der Waals surface area contributed by atoms with Crippen LogP contribution >= 0.6 is 11.8 Å². The van der Waals surface area contributed by atoms with Crippen molar-refractivity contribution in [3.05, 3.63) is 48.5 Å². The molecule has 7 nitrogen and oxygen atoms in total. The Kier molecular flexibility index (Phi) is 5.51. The molecule has 1 aromatic heterocycles. The summed E-state index contributed by atoms with van der Waals surface area (Å²) in [6.45, 7) is 0. The molecule has 2 heterocycles. The van der Waals surface area contributed by atoms with Gasteiger partial charge < -0.3 is 10.1 Å². The molecule has 1 atom stereocenters. The summed E-state index contributed by atoms with van der Waals surface area (Å²) in [5, 5.41) is 3.52. The van der Waals surface area contributed by atoms with E-state index in [-0.39, 0.29) is 29.2 Å². The quantitative estimate of drug-likeness (QED) is 0.603. The number of carbonyl (C=O) groups is 1. The van der Waals surface area contributed by atoms with E-state index in [4.69, 9.17) is 4.74 Å². The number of thioether (sulfide) groups is 1. The van der Waals surface area contributed by atoms with Crippen molar-refractivity contribution in [3.8, 4) is 11.4 Å². The van der Waals surface area contributed by atoms with Gasteiger partial charge in [0.1, 0.15) is 5.75 Å². The van der Waals surface area contributed by atoms with Gasteiger partial charge in [-0.15, -0.1) is 0 Å². The van der Waals surface area contributed by atoms with Crippen LogP contribution in [0.3, 0.4) is 0 Å². The predicted octanol–water partition coefficient (Wildman–Crippen LogP) is 2.43. The number of rotatable bonds is 6. The number of methoxy groups -OCH3 is 1. The zero-order valence-electron chi connectivity index (χ0n) is 15.9. The number of hydrogen-bond acceptors (Lipinski definition) is 6. The van der Waals surface area contributed by atoms with E-state index in [0.29, 0.717) is 11.6 Å². The van der Waals surface area contributed by atoms with E-state index in [0.717, 1.165) is 22.5 Å². The van der Waals surface area contributed by atoms with Crippen molar-refractivity contribution >= 4 is 38.5 Å². The molecule has 4 rings (SSSR count). The Bertz CT molecular complexity index is 1140. The van der Waals surface area contributed by atoms with Gasteiger partial charge in [-0.2, -0.15) is 0 Å². The summed E-state index contributed by atoms with van der Waals surface area (Å²) in [6, 6.07) is 15.1. The molecule has 0 saturated carbocycles. The number of sulfone groups is 1. The average molecular weight is 432 g/mol. The molecule has 0 spiro atoms. The molecule has 3 aromatic rings. The summed E-state index contributed by atoms with van der Waals surface area (Å²) in [5.74, 6) is 0.894. The number of para-hydroxylation sites is 2. The van der Waals surface area contributed by atoms with Gasteiger partial charge >= 0.3 is 0 Å². The fourth-order valence-electron chi connectivity index (χ4n) is 3.39. The number of nitrogens with zero attached hydrogens (tertiary/aromatic N) is 2. The van der Waals surface area contributed by atoms with E-state index in [2.05, 4.69) is 10.3 Å². The van der Waals surface area contributed by atoms with Gasteiger partial charge in [0.15, 0.2) is 15.0 Å². The molecule has 1 fully saturated rings. The summed E-state index contributed by atoms with van der Waals surface area (Å²) >= 11 is 1.33. The van der Waals surface area contributed by atoms with Gasteiger partial charge in [0, 0.05) is 11.7 Å². The second-order valence-electron chi connectivity index (χ2n) is 6.87. The highest BCUT2D eigenvalue weighted by Crippen LogP contribution is 2.29. The minimum Gasteiger partial charge on any atom is -0.497 e. The highest BCUT2D eigenvalue weighted by Gasteiger charge is 2.29. The normalized spacial score (nSPS) is 18.0. The first kappa shape index (κ1) is 19.8. The molecule has 0 bridgehead atoms. The molecule has 1 aliphatic rings. The molecule has 29 heavy (non-hydrogen) atoms. The van der Waals surface area contributed by atoms with Crippen LogP contribution in [0.2, 0.25) is 0 Å². The summed E-state index contributed by atoms with van der Waals surface area (Å²) in [7, 11) is -1.40. The Morgan fingerprint density at radius 3 is 2.69 bits per heavy atom. The molecule has 1 saturated heterocycles. The number of hydrogen-bond donors (Lipinski definition) is 1. The van der Waals surface area contributed by atoms with E-state index < -0.39 is 9.84 Å². The van der Waals surface area contributed by atoms with Gasteiger partial charge in [-0.3, -0.25) is 9.36 Å². The SMILES string of the molecule is COc1ccc(-n2c(SCC(=O)N[C@H]3CCS(=O)(=O)C3)nc3ccccc32)cc1. The maximum Gasteiger partial charge on any atom is 0.230 e. The number of fused-ring (bicyclic) bond motifs is 1. The number of benzene rings is 2. The van der Waals surface area contributed by atoms with Crippen LogP contribution in [-0.4, -0.2) is 54.3 Å². The van der Waals surface area contributed by atoms with Gasteiger partial charge in [-0.1, -0.05) is 23.9 Å². The van der Waals surface area contributed by atoms with E-state index >= 15 is 0 Å². The first-order chi connectivity index (χ1) is 13.9. The molecule has 1 aliphatic heterocycles. The zero-order valence-corrected chi connectivity index (χ0v) is 17.5. The Hall–Kier alpha value is -2.52. The number of aromatic nitrogens is 2. The summed E-state index contributed by atoms with van der Waals surface area (Å²) in [4.78, 5) is 17.0. The second-order valence-corrected chi connectivity index (χ2v) is 10.0. The third-order valence-electron chi connectivity index (χ3n) is 4.79. The zero-order chi connectivity index (χ0) is 20.4. The molecule has 2 aromatic carbocycles. The minimum absolute atomic E-state index is 0.0216. The van der Waals surface area contributed by atoms with E-state index in [1.165, 1.54) is 11.8 Å². The number of carbonyl (C=O) groups excluding carboxylic acids is 1. The van der Waals surface area contributed by atoms with Crippen LogP contribution in [0, 0.1) is 0 Å².